The average molecular weight is 160 g/mol. The Hall–Kier alpha value is -1.23. The zero-order valence-corrected chi connectivity index (χ0v) is 5.69. The maximum atomic E-state index is 10.5. The van der Waals surface area contributed by atoms with Crippen molar-refractivity contribution in [3.8, 4) is 0 Å². The number of carboxylic acid groups (broad SMARTS) is 1. The molecule has 0 spiro atoms. The van der Waals surface area contributed by atoms with E-state index in [2.05, 4.69) is 0 Å². The predicted molar refractivity (Wildman–Crippen MR) is 33.9 cm³/mol. The van der Waals surface area contributed by atoms with Crippen LogP contribution in [-0.4, -0.2) is 34.4 Å². The van der Waals surface area contributed by atoms with E-state index in [9.17, 15) is 14.4 Å². The van der Waals surface area contributed by atoms with Gasteiger partial charge in [0.2, 0.25) is 0 Å². The first-order chi connectivity index (χ1) is 5.07. The molecule has 2 N–H and O–H groups in total. The van der Waals surface area contributed by atoms with E-state index in [0.717, 1.165) is 0 Å². The van der Waals surface area contributed by atoms with Crippen molar-refractivity contribution in [1.82, 2.24) is 0 Å². The van der Waals surface area contributed by atoms with Crippen LogP contribution in [0, 0.1) is 0 Å². The van der Waals surface area contributed by atoms with E-state index in [1.807, 2.05) is 0 Å². The van der Waals surface area contributed by atoms with Crippen LogP contribution in [0.5, 0.6) is 0 Å². The summed E-state index contributed by atoms with van der Waals surface area (Å²) >= 11 is 0. The van der Waals surface area contributed by atoms with Gasteiger partial charge in [-0.15, -0.1) is 0 Å². The Morgan fingerprint density at radius 1 is 1.36 bits per heavy atom. The van der Waals surface area contributed by atoms with Crippen LogP contribution >= 0.6 is 0 Å². The highest BCUT2D eigenvalue weighted by Crippen LogP contribution is 1.93. The molecule has 0 saturated carbocycles. The van der Waals surface area contributed by atoms with Crippen molar-refractivity contribution in [3.63, 3.8) is 0 Å². The third-order valence-corrected chi connectivity index (χ3v) is 1.04. The number of hydrogen-bond donors (Lipinski definition) is 2. The van der Waals surface area contributed by atoms with Crippen molar-refractivity contribution in [1.29, 1.82) is 0 Å². The third-order valence-electron chi connectivity index (χ3n) is 1.04. The molecule has 5 nitrogen and oxygen atoms in total. The molecule has 0 aromatic carbocycles. The minimum absolute atomic E-state index is 0.0736. The molecule has 0 heterocycles. The molecule has 0 aliphatic carbocycles. The Bertz CT molecular complexity index is 174. The first-order valence-electron chi connectivity index (χ1n) is 2.95. The van der Waals surface area contributed by atoms with E-state index in [4.69, 9.17) is 10.2 Å². The summed E-state index contributed by atoms with van der Waals surface area (Å²) in [5, 5.41) is 16.6. The largest absolute Gasteiger partial charge is 0.481 e. The number of Topliss-reactive ketones (excluding diaryl/α,β-unsaturated/α-hetero) is 1. The number of aliphatic carboxylic acids is 1. The van der Waals surface area contributed by atoms with Crippen LogP contribution in [-0.2, 0) is 14.4 Å². The van der Waals surface area contributed by atoms with E-state index in [-0.39, 0.29) is 19.1 Å². The summed E-state index contributed by atoms with van der Waals surface area (Å²) in [4.78, 5) is 30.2. The highest BCUT2D eigenvalue weighted by Gasteiger charge is 2.14. The maximum absolute atomic E-state index is 10.5. The fourth-order valence-corrected chi connectivity index (χ4v) is 0.454. The molecule has 5 heteroatoms. The highest BCUT2D eigenvalue weighted by atomic mass is 16.4. The number of aliphatic hydroxyl groups excluding tert-OH is 1. The summed E-state index contributed by atoms with van der Waals surface area (Å²) in [7, 11) is 0. The minimum Gasteiger partial charge on any atom is -0.481 e. The van der Waals surface area contributed by atoms with E-state index < -0.39 is 17.9 Å². The van der Waals surface area contributed by atoms with Crippen LogP contribution < -0.4 is 0 Å². The smallest absolute Gasteiger partial charge is 0.303 e. The number of ketones is 1. The monoisotopic (exact) mass is 160 g/mol. The van der Waals surface area contributed by atoms with Gasteiger partial charge in [0.1, 0.15) is 0 Å². The summed E-state index contributed by atoms with van der Waals surface area (Å²) < 4.78 is 0. The Kier molecular flexibility index (Phi) is 4.05. The second-order valence-electron chi connectivity index (χ2n) is 1.94. The van der Waals surface area contributed by atoms with E-state index >= 15 is 0 Å². The minimum atomic E-state index is -1.67. The van der Waals surface area contributed by atoms with Gasteiger partial charge in [-0.1, -0.05) is 0 Å². The summed E-state index contributed by atoms with van der Waals surface area (Å²) in [5.41, 5.74) is 0. The van der Waals surface area contributed by atoms with Crippen LogP contribution in [0.15, 0.2) is 0 Å². The lowest BCUT2D eigenvalue weighted by Crippen LogP contribution is -2.22. The van der Waals surface area contributed by atoms with E-state index in [1.54, 1.807) is 0 Å². The SMILES string of the molecule is O=CC(O)C(=O)CCC(=O)O. The van der Waals surface area contributed by atoms with Gasteiger partial charge in [0, 0.05) is 6.42 Å². The van der Waals surface area contributed by atoms with Crippen molar-refractivity contribution >= 4 is 18.0 Å². The number of hydrogen-bond acceptors (Lipinski definition) is 4. The van der Waals surface area contributed by atoms with Gasteiger partial charge in [-0.3, -0.25) is 14.4 Å². The van der Waals surface area contributed by atoms with Gasteiger partial charge < -0.3 is 10.2 Å². The lowest BCUT2D eigenvalue weighted by Gasteiger charge is -1.98. The lowest BCUT2D eigenvalue weighted by atomic mass is 10.1. The Balaban J connectivity index is 3.69. The van der Waals surface area contributed by atoms with Crippen molar-refractivity contribution < 1.29 is 24.6 Å². The fourth-order valence-electron chi connectivity index (χ4n) is 0.454. The van der Waals surface area contributed by atoms with Crippen molar-refractivity contribution in [3.05, 3.63) is 0 Å². The summed E-state index contributed by atoms with van der Waals surface area (Å²) in [6.07, 6.45) is -2.27. The van der Waals surface area contributed by atoms with Crippen molar-refractivity contribution in [2.24, 2.45) is 0 Å². The number of carbonyl (C=O) groups excluding carboxylic acids is 2. The Morgan fingerprint density at radius 2 is 1.91 bits per heavy atom. The first-order valence-corrected chi connectivity index (χ1v) is 2.95. The number of carboxylic acids is 1. The number of carbonyl (C=O) groups is 3. The molecular formula is C6H8O5. The van der Waals surface area contributed by atoms with Gasteiger partial charge in [-0.2, -0.15) is 0 Å². The van der Waals surface area contributed by atoms with E-state index in [0.29, 0.717) is 0 Å². The molecule has 1 unspecified atom stereocenters. The molecule has 11 heavy (non-hydrogen) atoms. The normalized spacial score (nSPS) is 12.1. The van der Waals surface area contributed by atoms with E-state index in [1.165, 1.54) is 0 Å². The summed E-state index contributed by atoms with van der Waals surface area (Å²) in [5.74, 6) is -1.89. The number of aldehydes is 1. The standard InChI is InChI=1S/C6H8O5/c7-3-5(9)4(8)1-2-6(10)11/h3,5,9H,1-2H2,(H,10,11). The van der Waals surface area contributed by atoms with Gasteiger partial charge in [0.15, 0.2) is 18.2 Å². The molecule has 62 valence electrons. The molecule has 0 fully saturated rings. The van der Waals surface area contributed by atoms with Crippen molar-refractivity contribution in [2.75, 3.05) is 0 Å². The number of rotatable bonds is 5. The summed E-state index contributed by atoms with van der Waals surface area (Å²) in [6, 6.07) is 0. The van der Waals surface area contributed by atoms with Crippen LogP contribution in [0.2, 0.25) is 0 Å². The lowest BCUT2D eigenvalue weighted by molar-refractivity contribution is -0.140. The molecule has 0 aliphatic rings. The van der Waals surface area contributed by atoms with Crippen LogP contribution in [0.1, 0.15) is 12.8 Å². The number of aliphatic hydroxyl groups is 1. The quantitative estimate of drug-likeness (QED) is 0.396. The molecule has 0 rings (SSSR count). The second-order valence-corrected chi connectivity index (χ2v) is 1.94. The summed E-state index contributed by atoms with van der Waals surface area (Å²) in [6.45, 7) is 0. The first kappa shape index (κ1) is 9.77. The van der Waals surface area contributed by atoms with Crippen LogP contribution in [0.4, 0.5) is 0 Å². The molecule has 0 amide bonds. The molecule has 0 aromatic rings. The zero-order chi connectivity index (χ0) is 8.85. The fraction of sp³-hybridized carbons (Fsp3) is 0.500. The molecule has 0 radical (unpaired) electrons. The molecule has 0 aromatic heterocycles. The van der Waals surface area contributed by atoms with Crippen LogP contribution in [0.3, 0.4) is 0 Å². The topological polar surface area (TPSA) is 91.7 Å². The molecule has 0 aliphatic heterocycles. The third kappa shape index (κ3) is 4.21. The van der Waals surface area contributed by atoms with Gasteiger partial charge in [-0.25, -0.2) is 0 Å². The van der Waals surface area contributed by atoms with Gasteiger partial charge in [0.05, 0.1) is 6.42 Å². The van der Waals surface area contributed by atoms with Crippen molar-refractivity contribution in [2.45, 2.75) is 18.9 Å². The zero-order valence-electron chi connectivity index (χ0n) is 5.69. The molecule has 1 atom stereocenters. The molecule has 0 saturated heterocycles. The van der Waals surface area contributed by atoms with Gasteiger partial charge in [0.25, 0.3) is 0 Å². The highest BCUT2D eigenvalue weighted by molar-refractivity contribution is 5.96. The van der Waals surface area contributed by atoms with Gasteiger partial charge >= 0.3 is 5.97 Å². The Morgan fingerprint density at radius 3 is 2.27 bits per heavy atom. The predicted octanol–water partition coefficient (Wildman–Crippen LogP) is -1.02. The molecule has 0 bridgehead atoms. The maximum Gasteiger partial charge on any atom is 0.303 e. The van der Waals surface area contributed by atoms with Crippen LogP contribution in [0.25, 0.3) is 0 Å². The van der Waals surface area contributed by atoms with Gasteiger partial charge in [-0.05, 0) is 0 Å². The second kappa shape index (κ2) is 4.56. The average Bonchev–Trinajstić information content (AvgIpc) is 1.98. The molecular weight excluding hydrogens is 152 g/mol. The Labute approximate surface area is 62.6 Å².